The van der Waals surface area contributed by atoms with Crippen LogP contribution in [0.15, 0.2) is 24.3 Å². The molecule has 4 nitrogen and oxygen atoms in total. The van der Waals surface area contributed by atoms with Gasteiger partial charge >= 0.3 is 5.97 Å². The molecule has 0 aromatic heterocycles. The largest absolute Gasteiger partial charge is 0.480 e. The first kappa shape index (κ1) is 16.1. The Morgan fingerprint density at radius 2 is 2.00 bits per heavy atom. The number of nitrogens with one attached hydrogen (secondary N) is 1. The molecule has 0 aliphatic carbocycles. The molecule has 0 saturated carbocycles. The lowest BCUT2D eigenvalue weighted by Gasteiger charge is -2.09. The van der Waals surface area contributed by atoms with Gasteiger partial charge in [0.1, 0.15) is 6.04 Å². The standard InChI is InChI=1S/C14H11Cl2NO3/c1-2-4-12(14(19)20)17-13(18)8-7-9-10(15)5-3-6-11(9)16/h1,3,5-8,12H,4H2,(H,17,18)(H,19,20)/b8-7+. The molecule has 1 unspecified atom stereocenters. The molecule has 6 heteroatoms. The summed E-state index contributed by atoms with van der Waals surface area (Å²) >= 11 is 11.9. The molecule has 0 bridgehead atoms. The fraction of sp³-hybridized carbons (Fsp3) is 0.143. The van der Waals surface area contributed by atoms with Gasteiger partial charge in [-0.1, -0.05) is 29.3 Å². The van der Waals surface area contributed by atoms with Gasteiger partial charge in [-0.3, -0.25) is 4.79 Å². The summed E-state index contributed by atoms with van der Waals surface area (Å²) in [5, 5.41) is 11.9. The molecule has 1 aromatic rings. The Labute approximate surface area is 126 Å². The van der Waals surface area contributed by atoms with Gasteiger partial charge < -0.3 is 10.4 Å². The summed E-state index contributed by atoms with van der Waals surface area (Å²) in [5.74, 6) is 0.397. The summed E-state index contributed by atoms with van der Waals surface area (Å²) in [5.41, 5.74) is 0.481. The van der Waals surface area contributed by atoms with Crippen molar-refractivity contribution in [2.24, 2.45) is 0 Å². The average Bonchev–Trinajstić information content (AvgIpc) is 2.37. The summed E-state index contributed by atoms with van der Waals surface area (Å²) in [4.78, 5) is 22.4. The normalized spacial score (nSPS) is 11.8. The van der Waals surface area contributed by atoms with Crippen LogP contribution in [0.25, 0.3) is 6.08 Å². The second kappa shape index (κ2) is 7.59. The molecule has 20 heavy (non-hydrogen) atoms. The zero-order valence-electron chi connectivity index (χ0n) is 10.3. The maximum atomic E-state index is 11.6. The zero-order valence-corrected chi connectivity index (χ0v) is 11.8. The van der Waals surface area contributed by atoms with E-state index in [1.807, 2.05) is 0 Å². The van der Waals surface area contributed by atoms with Crippen LogP contribution >= 0.6 is 23.2 Å². The fourth-order valence-corrected chi connectivity index (χ4v) is 1.89. The highest BCUT2D eigenvalue weighted by Gasteiger charge is 2.17. The third kappa shape index (κ3) is 4.61. The first-order valence-corrected chi connectivity index (χ1v) is 6.30. The molecule has 1 atom stereocenters. The molecule has 0 heterocycles. The summed E-state index contributed by atoms with van der Waals surface area (Å²) in [7, 11) is 0. The van der Waals surface area contributed by atoms with Crippen LogP contribution in [-0.4, -0.2) is 23.0 Å². The van der Waals surface area contributed by atoms with Gasteiger partial charge in [0.25, 0.3) is 0 Å². The smallest absolute Gasteiger partial charge is 0.327 e. The molecule has 0 saturated heterocycles. The van der Waals surface area contributed by atoms with Crippen molar-refractivity contribution in [3.8, 4) is 12.3 Å². The Bertz CT molecular complexity index is 570. The highest BCUT2D eigenvalue weighted by molar-refractivity contribution is 6.37. The van der Waals surface area contributed by atoms with E-state index in [0.717, 1.165) is 6.08 Å². The number of carboxylic acid groups (broad SMARTS) is 1. The lowest BCUT2D eigenvalue weighted by molar-refractivity contribution is -0.141. The minimum absolute atomic E-state index is 0.0955. The van der Waals surface area contributed by atoms with Crippen molar-refractivity contribution >= 4 is 41.2 Å². The van der Waals surface area contributed by atoms with Crippen LogP contribution in [0.1, 0.15) is 12.0 Å². The Hall–Kier alpha value is -1.96. The number of rotatable bonds is 5. The third-order valence-corrected chi connectivity index (χ3v) is 3.00. The van der Waals surface area contributed by atoms with E-state index < -0.39 is 17.9 Å². The van der Waals surface area contributed by atoms with Gasteiger partial charge in [0.2, 0.25) is 5.91 Å². The van der Waals surface area contributed by atoms with Gasteiger partial charge in [-0.05, 0) is 18.2 Å². The van der Waals surface area contributed by atoms with Crippen molar-refractivity contribution in [3.63, 3.8) is 0 Å². The molecule has 1 aromatic carbocycles. The lowest BCUT2D eigenvalue weighted by atomic mass is 10.2. The van der Waals surface area contributed by atoms with Crippen LogP contribution in [0.2, 0.25) is 10.0 Å². The molecule has 2 N–H and O–H groups in total. The van der Waals surface area contributed by atoms with E-state index >= 15 is 0 Å². The van der Waals surface area contributed by atoms with Crippen molar-refractivity contribution in [3.05, 3.63) is 39.9 Å². The maximum absolute atomic E-state index is 11.6. The van der Waals surface area contributed by atoms with Gasteiger partial charge in [0.05, 0.1) is 0 Å². The molecule has 1 rings (SSSR count). The van der Waals surface area contributed by atoms with Gasteiger partial charge in [-0.2, -0.15) is 0 Å². The second-order valence-electron chi connectivity index (χ2n) is 3.78. The van der Waals surface area contributed by atoms with Crippen molar-refractivity contribution in [2.45, 2.75) is 12.5 Å². The van der Waals surface area contributed by atoms with E-state index in [4.69, 9.17) is 34.7 Å². The minimum Gasteiger partial charge on any atom is -0.480 e. The van der Waals surface area contributed by atoms with E-state index in [0.29, 0.717) is 15.6 Å². The lowest BCUT2D eigenvalue weighted by Crippen LogP contribution is -2.39. The molecule has 104 valence electrons. The van der Waals surface area contributed by atoms with E-state index in [-0.39, 0.29) is 6.42 Å². The molecule has 0 radical (unpaired) electrons. The van der Waals surface area contributed by atoms with Gasteiger partial charge in [-0.25, -0.2) is 4.79 Å². The fourth-order valence-electron chi connectivity index (χ4n) is 1.37. The van der Waals surface area contributed by atoms with E-state index in [9.17, 15) is 9.59 Å². The quantitative estimate of drug-likeness (QED) is 0.649. The number of carboxylic acids is 1. The molecular weight excluding hydrogens is 301 g/mol. The Kier molecular flexibility index (Phi) is 6.10. The highest BCUT2D eigenvalue weighted by atomic mass is 35.5. The SMILES string of the molecule is C#CCC(NC(=O)/C=C/c1c(Cl)cccc1Cl)C(=O)O. The Morgan fingerprint density at radius 1 is 1.40 bits per heavy atom. The molecule has 0 fully saturated rings. The molecule has 1 amide bonds. The molecular formula is C14H11Cl2NO3. The van der Waals surface area contributed by atoms with Crippen LogP contribution in [0.4, 0.5) is 0 Å². The number of carbonyl (C=O) groups excluding carboxylic acids is 1. The van der Waals surface area contributed by atoms with Crippen LogP contribution in [0, 0.1) is 12.3 Å². The van der Waals surface area contributed by atoms with Crippen molar-refractivity contribution in [1.29, 1.82) is 0 Å². The minimum atomic E-state index is -1.19. The number of aliphatic carboxylic acids is 1. The number of halogens is 2. The molecule has 0 spiro atoms. The summed E-state index contributed by atoms with van der Waals surface area (Å²) in [6, 6.07) is 3.81. The predicted octanol–water partition coefficient (Wildman–Crippen LogP) is 2.60. The van der Waals surface area contributed by atoms with E-state index in [1.54, 1.807) is 18.2 Å². The highest BCUT2D eigenvalue weighted by Crippen LogP contribution is 2.25. The number of terminal acetylenes is 1. The Balaban J connectivity index is 2.78. The number of benzene rings is 1. The summed E-state index contributed by atoms with van der Waals surface area (Å²) < 4.78 is 0. The van der Waals surface area contributed by atoms with Crippen molar-refractivity contribution < 1.29 is 14.7 Å². The molecule has 0 aliphatic rings. The number of hydrogen-bond donors (Lipinski definition) is 2. The van der Waals surface area contributed by atoms with Crippen LogP contribution in [-0.2, 0) is 9.59 Å². The van der Waals surface area contributed by atoms with Gasteiger partial charge in [0.15, 0.2) is 0 Å². The first-order chi connectivity index (χ1) is 9.45. The monoisotopic (exact) mass is 311 g/mol. The van der Waals surface area contributed by atoms with Crippen molar-refractivity contribution in [2.75, 3.05) is 0 Å². The number of carbonyl (C=O) groups is 2. The van der Waals surface area contributed by atoms with Gasteiger partial charge in [0, 0.05) is 28.1 Å². The Morgan fingerprint density at radius 3 is 2.50 bits per heavy atom. The predicted molar refractivity (Wildman–Crippen MR) is 78.5 cm³/mol. The third-order valence-electron chi connectivity index (χ3n) is 2.34. The van der Waals surface area contributed by atoms with E-state index in [2.05, 4.69) is 11.2 Å². The van der Waals surface area contributed by atoms with Crippen molar-refractivity contribution in [1.82, 2.24) is 5.32 Å². The summed E-state index contributed by atoms with van der Waals surface area (Å²) in [6.07, 6.45) is 7.50. The van der Waals surface area contributed by atoms with Gasteiger partial charge in [-0.15, -0.1) is 12.3 Å². The van der Waals surface area contributed by atoms with E-state index in [1.165, 1.54) is 6.08 Å². The second-order valence-corrected chi connectivity index (χ2v) is 4.59. The molecule has 0 aliphatic heterocycles. The van der Waals surface area contributed by atoms with Crippen LogP contribution in [0.5, 0.6) is 0 Å². The van der Waals surface area contributed by atoms with Crippen LogP contribution in [0.3, 0.4) is 0 Å². The summed E-state index contributed by atoms with van der Waals surface area (Å²) in [6.45, 7) is 0. The van der Waals surface area contributed by atoms with Crippen LogP contribution < -0.4 is 5.32 Å². The maximum Gasteiger partial charge on any atom is 0.327 e. The topological polar surface area (TPSA) is 66.4 Å². The zero-order chi connectivity index (χ0) is 15.1. The average molecular weight is 312 g/mol. The first-order valence-electron chi connectivity index (χ1n) is 5.54. The number of amides is 1. The number of hydrogen-bond acceptors (Lipinski definition) is 2.